The smallest absolute Gasteiger partial charge is 0.264 e. The van der Waals surface area contributed by atoms with Crippen molar-refractivity contribution in [3.05, 3.63) is 95.3 Å². The molecule has 196 valence electrons. The zero-order valence-electron chi connectivity index (χ0n) is 20.8. The van der Waals surface area contributed by atoms with Crippen LogP contribution in [0.4, 0.5) is 10.1 Å². The fourth-order valence-electron chi connectivity index (χ4n) is 3.65. The first kappa shape index (κ1) is 28.1. The number of rotatable bonds is 10. The van der Waals surface area contributed by atoms with Crippen LogP contribution in [0.25, 0.3) is 0 Å². The van der Waals surface area contributed by atoms with Crippen LogP contribution in [-0.2, 0) is 26.2 Å². The summed E-state index contributed by atoms with van der Waals surface area (Å²) < 4.78 is 41.7. The standard InChI is InChI=1S/C27H29ClFN3O4S/c1-19(2)30-27(34)20(3)31(17-21-12-14-23(29)15-13-21)26(33)18-32(24-9-7-8-22(28)16-24)37(35,36)25-10-5-4-6-11-25/h4-16,19-20H,17-18H2,1-3H3,(H,30,34)/t20-/m0/s1. The molecule has 3 aromatic carbocycles. The zero-order chi connectivity index (χ0) is 27.2. The lowest BCUT2D eigenvalue weighted by Crippen LogP contribution is -2.52. The molecule has 0 aliphatic rings. The molecule has 10 heteroatoms. The van der Waals surface area contributed by atoms with Crippen LogP contribution < -0.4 is 9.62 Å². The molecule has 0 radical (unpaired) electrons. The molecule has 0 saturated carbocycles. The van der Waals surface area contributed by atoms with E-state index in [0.29, 0.717) is 10.6 Å². The average molecular weight is 546 g/mol. The molecule has 0 aliphatic heterocycles. The second kappa shape index (κ2) is 12.2. The Bertz CT molecular complexity index is 1340. The van der Waals surface area contributed by atoms with Crippen LogP contribution in [0.5, 0.6) is 0 Å². The normalized spacial score (nSPS) is 12.2. The lowest BCUT2D eigenvalue weighted by atomic mass is 10.1. The van der Waals surface area contributed by atoms with Crippen LogP contribution in [-0.4, -0.2) is 43.8 Å². The molecule has 3 rings (SSSR count). The minimum Gasteiger partial charge on any atom is -0.352 e. The molecule has 0 unspecified atom stereocenters. The number of nitrogens with zero attached hydrogens (tertiary/aromatic N) is 2. The number of benzene rings is 3. The summed E-state index contributed by atoms with van der Waals surface area (Å²) in [5.41, 5.74) is 0.782. The van der Waals surface area contributed by atoms with Gasteiger partial charge >= 0.3 is 0 Å². The van der Waals surface area contributed by atoms with Gasteiger partial charge in [-0.05, 0) is 68.8 Å². The lowest BCUT2D eigenvalue weighted by Gasteiger charge is -2.32. The number of nitrogens with one attached hydrogen (secondary N) is 1. The van der Waals surface area contributed by atoms with Crippen molar-refractivity contribution in [1.82, 2.24) is 10.2 Å². The highest BCUT2D eigenvalue weighted by molar-refractivity contribution is 7.92. The van der Waals surface area contributed by atoms with E-state index in [9.17, 15) is 22.4 Å². The molecule has 2 amide bonds. The van der Waals surface area contributed by atoms with Crippen LogP contribution in [0.1, 0.15) is 26.3 Å². The molecule has 3 aromatic rings. The molecule has 0 spiro atoms. The summed E-state index contributed by atoms with van der Waals surface area (Å²) in [6.45, 7) is 4.54. The van der Waals surface area contributed by atoms with Crippen LogP contribution in [0.2, 0.25) is 5.02 Å². The molecular formula is C27H29ClFN3O4S. The predicted molar refractivity (Wildman–Crippen MR) is 142 cm³/mol. The second-order valence-electron chi connectivity index (χ2n) is 8.79. The van der Waals surface area contributed by atoms with Gasteiger partial charge in [0.25, 0.3) is 10.0 Å². The summed E-state index contributed by atoms with van der Waals surface area (Å²) in [7, 11) is -4.17. The molecule has 7 nitrogen and oxygen atoms in total. The SMILES string of the molecule is CC(C)NC(=O)[C@H](C)N(Cc1ccc(F)cc1)C(=O)CN(c1cccc(Cl)c1)S(=O)(=O)c1ccccc1. The third kappa shape index (κ3) is 7.30. The molecule has 0 aromatic heterocycles. The molecular weight excluding hydrogens is 517 g/mol. The highest BCUT2D eigenvalue weighted by Gasteiger charge is 2.32. The van der Waals surface area contributed by atoms with Gasteiger partial charge in [0.05, 0.1) is 10.6 Å². The Morgan fingerprint density at radius 2 is 1.59 bits per heavy atom. The number of amides is 2. The highest BCUT2D eigenvalue weighted by atomic mass is 35.5. The predicted octanol–water partition coefficient (Wildman–Crippen LogP) is 4.62. The Kier molecular flexibility index (Phi) is 9.29. The Morgan fingerprint density at radius 1 is 0.946 bits per heavy atom. The maximum absolute atomic E-state index is 13.7. The summed E-state index contributed by atoms with van der Waals surface area (Å²) >= 11 is 6.14. The summed E-state index contributed by atoms with van der Waals surface area (Å²) in [5, 5.41) is 3.08. The summed E-state index contributed by atoms with van der Waals surface area (Å²) in [6.07, 6.45) is 0. The maximum atomic E-state index is 13.7. The van der Waals surface area contributed by atoms with Crippen molar-refractivity contribution in [2.45, 2.75) is 44.3 Å². The van der Waals surface area contributed by atoms with Crippen molar-refractivity contribution >= 4 is 39.1 Å². The van der Waals surface area contributed by atoms with Crippen LogP contribution in [0.15, 0.2) is 83.8 Å². The summed E-state index contributed by atoms with van der Waals surface area (Å²) in [4.78, 5) is 27.9. The fourth-order valence-corrected chi connectivity index (χ4v) is 5.27. The van der Waals surface area contributed by atoms with Crippen molar-refractivity contribution in [3.63, 3.8) is 0 Å². The largest absolute Gasteiger partial charge is 0.352 e. The van der Waals surface area contributed by atoms with E-state index in [4.69, 9.17) is 11.6 Å². The van der Waals surface area contributed by atoms with Gasteiger partial charge in [0, 0.05) is 17.6 Å². The van der Waals surface area contributed by atoms with Crippen LogP contribution in [0, 0.1) is 5.82 Å². The van der Waals surface area contributed by atoms with Gasteiger partial charge in [-0.15, -0.1) is 0 Å². The fraction of sp³-hybridized carbons (Fsp3) is 0.259. The third-order valence-electron chi connectivity index (χ3n) is 5.57. The van der Waals surface area contributed by atoms with E-state index in [2.05, 4.69) is 5.32 Å². The van der Waals surface area contributed by atoms with Gasteiger partial charge in [0.2, 0.25) is 11.8 Å². The topological polar surface area (TPSA) is 86.8 Å². The second-order valence-corrected chi connectivity index (χ2v) is 11.1. The average Bonchev–Trinajstić information content (AvgIpc) is 2.86. The lowest BCUT2D eigenvalue weighted by molar-refractivity contribution is -0.139. The van der Waals surface area contributed by atoms with Gasteiger partial charge < -0.3 is 10.2 Å². The first-order chi connectivity index (χ1) is 17.5. The first-order valence-electron chi connectivity index (χ1n) is 11.7. The number of hydrogen-bond acceptors (Lipinski definition) is 4. The van der Waals surface area contributed by atoms with E-state index in [0.717, 1.165) is 4.31 Å². The summed E-state index contributed by atoms with van der Waals surface area (Å²) in [5.74, 6) is -1.45. The minimum absolute atomic E-state index is 0.00143. The third-order valence-corrected chi connectivity index (χ3v) is 7.59. The highest BCUT2D eigenvalue weighted by Crippen LogP contribution is 2.26. The van der Waals surface area contributed by atoms with Crippen molar-refractivity contribution in [2.75, 3.05) is 10.8 Å². The van der Waals surface area contributed by atoms with Crippen molar-refractivity contribution in [1.29, 1.82) is 0 Å². The Balaban J connectivity index is 2.01. The van der Waals surface area contributed by atoms with Gasteiger partial charge in [-0.2, -0.15) is 0 Å². The van der Waals surface area contributed by atoms with Crippen LogP contribution >= 0.6 is 11.6 Å². The Labute approximate surface area is 221 Å². The van der Waals surface area contributed by atoms with Gasteiger partial charge in [0.1, 0.15) is 18.4 Å². The van der Waals surface area contributed by atoms with Gasteiger partial charge in [-0.25, -0.2) is 12.8 Å². The van der Waals surface area contributed by atoms with Gasteiger partial charge in [0.15, 0.2) is 0 Å². The van der Waals surface area contributed by atoms with E-state index in [-0.39, 0.29) is 23.2 Å². The molecule has 1 N–H and O–H groups in total. The van der Waals surface area contributed by atoms with Gasteiger partial charge in [-0.1, -0.05) is 48.0 Å². The van der Waals surface area contributed by atoms with E-state index in [1.807, 2.05) is 0 Å². The number of sulfonamides is 1. The monoisotopic (exact) mass is 545 g/mol. The van der Waals surface area contributed by atoms with Gasteiger partial charge in [-0.3, -0.25) is 13.9 Å². The number of hydrogen-bond donors (Lipinski definition) is 1. The van der Waals surface area contributed by atoms with Crippen LogP contribution in [0.3, 0.4) is 0 Å². The number of anilines is 1. The molecule has 1 atom stereocenters. The quantitative estimate of drug-likeness (QED) is 0.403. The Hall–Kier alpha value is -3.43. The minimum atomic E-state index is -4.17. The van der Waals surface area contributed by atoms with E-state index in [1.54, 1.807) is 57.2 Å². The molecule has 0 saturated heterocycles. The van der Waals surface area contributed by atoms with Crippen molar-refractivity contribution < 1.29 is 22.4 Å². The van der Waals surface area contributed by atoms with E-state index >= 15 is 0 Å². The number of carbonyl (C=O) groups excluding carboxylic acids is 2. The summed E-state index contributed by atoms with van der Waals surface area (Å²) in [6, 6.07) is 18.4. The first-order valence-corrected chi connectivity index (χ1v) is 13.5. The molecule has 0 heterocycles. The number of carbonyl (C=O) groups is 2. The molecule has 0 fully saturated rings. The molecule has 37 heavy (non-hydrogen) atoms. The Morgan fingerprint density at radius 3 is 2.19 bits per heavy atom. The maximum Gasteiger partial charge on any atom is 0.264 e. The molecule has 0 bridgehead atoms. The van der Waals surface area contributed by atoms with Crippen molar-refractivity contribution in [3.8, 4) is 0 Å². The van der Waals surface area contributed by atoms with E-state index in [1.165, 1.54) is 47.4 Å². The van der Waals surface area contributed by atoms with Crippen molar-refractivity contribution in [2.24, 2.45) is 0 Å². The van der Waals surface area contributed by atoms with E-state index < -0.39 is 40.2 Å². The zero-order valence-corrected chi connectivity index (χ0v) is 22.3. The number of halogens is 2. The molecule has 0 aliphatic carbocycles.